The van der Waals surface area contributed by atoms with Crippen molar-refractivity contribution in [2.75, 3.05) is 33.4 Å². The quantitative estimate of drug-likeness (QED) is 0.455. The van der Waals surface area contributed by atoms with E-state index in [1.54, 1.807) is 12.1 Å². The van der Waals surface area contributed by atoms with Crippen LogP contribution in [0.3, 0.4) is 0 Å². The number of benzene rings is 1. The molecule has 0 amide bonds. The number of rotatable bonds is 2. The van der Waals surface area contributed by atoms with Crippen molar-refractivity contribution in [3.05, 3.63) is 35.6 Å². The number of nitrogens with one attached hydrogen (secondary N) is 1. The molecule has 3 rings (SSSR count). The Morgan fingerprint density at radius 1 is 1.36 bits per heavy atom. The molecule has 1 aromatic rings. The lowest BCUT2D eigenvalue weighted by Crippen LogP contribution is -2.41. The van der Waals surface area contributed by atoms with Crippen molar-refractivity contribution in [3.8, 4) is 0 Å². The van der Waals surface area contributed by atoms with Crippen molar-refractivity contribution in [2.45, 2.75) is 19.4 Å². The maximum atomic E-state index is 12.9. The fraction of sp³-hybridized carbons (Fsp3) is 0.562. The Morgan fingerprint density at radius 2 is 2.14 bits per heavy atom. The fourth-order valence-corrected chi connectivity index (χ4v) is 3.20. The Bertz CT molecular complexity index is 515. The Hall–Kier alpha value is -0.890. The molecule has 2 heterocycles. The van der Waals surface area contributed by atoms with Gasteiger partial charge in [-0.15, -0.1) is 24.0 Å². The predicted molar refractivity (Wildman–Crippen MR) is 96.1 cm³/mol. The van der Waals surface area contributed by atoms with Gasteiger partial charge in [0.2, 0.25) is 0 Å². The first kappa shape index (κ1) is 17.5. The van der Waals surface area contributed by atoms with Crippen LogP contribution in [0, 0.1) is 11.2 Å². The van der Waals surface area contributed by atoms with Crippen molar-refractivity contribution in [2.24, 2.45) is 10.4 Å². The van der Waals surface area contributed by atoms with Crippen molar-refractivity contribution < 1.29 is 9.13 Å². The average Bonchev–Trinajstić information content (AvgIpc) is 3.13. The molecule has 0 aromatic heterocycles. The van der Waals surface area contributed by atoms with Crippen molar-refractivity contribution in [1.82, 2.24) is 10.2 Å². The third-order valence-corrected chi connectivity index (χ3v) is 4.50. The Kier molecular flexibility index (Phi) is 6.02. The number of likely N-dealkylation sites (tertiary alicyclic amines) is 1. The minimum atomic E-state index is -0.203. The van der Waals surface area contributed by atoms with E-state index in [4.69, 9.17) is 4.74 Å². The van der Waals surface area contributed by atoms with E-state index < -0.39 is 0 Å². The number of halogens is 2. The molecule has 1 unspecified atom stereocenters. The highest BCUT2D eigenvalue weighted by atomic mass is 127. The number of ether oxygens (including phenoxy) is 1. The van der Waals surface area contributed by atoms with Crippen LogP contribution >= 0.6 is 24.0 Å². The largest absolute Gasteiger partial charge is 0.381 e. The van der Waals surface area contributed by atoms with Crippen LogP contribution in [0.1, 0.15) is 18.4 Å². The highest BCUT2D eigenvalue weighted by molar-refractivity contribution is 14.0. The summed E-state index contributed by atoms with van der Waals surface area (Å²) in [6.07, 6.45) is 2.32. The van der Waals surface area contributed by atoms with Gasteiger partial charge in [0.15, 0.2) is 5.96 Å². The average molecular weight is 419 g/mol. The molecular weight excluding hydrogens is 396 g/mol. The lowest BCUT2D eigenvalue weighted by atomic mass is 9.87. The van der Waals surface area contributed by atoms with Gasteiger partial charge in [0, 0.05) is 38.7 Å². The maximum absolute atomic E-state index is 12.9. The predicted octanol–water partition coefficient (Wildman–Crippen LogP) is 2.63. The minimum absolute atomic E-state index is 0. The normalized spacial score (nSPS) is 24.6. The van der Waals surface area contributed by atoms with E-state index in [0.29, 0.717) is 12.0 Å². The van der Waals surface area contributed by atoms with Gasteiger partial charge in [-0.05, 0) is 30.5 Å². The molecule has 2 aliphatic heterocycles. The molecule has 2 fully saturated rings. The molecule has 0 radical (unpaired) electrons. The topological polar surface area (TPSA) is 36.9 Å². The Morgan fingerprint density at radius 3 is 2.77 bits per heavy atom. The molecule has 122 valence electrons. The van der Waals surface area contributed by atoms with Gasteiger partial charge < -0.3 is 15.0 Å². The van der Waals surface area contributed by atoms with Gasteiger partial charge in [0.1, 0.15) is 5.82 Å². The molecular formula is C16H23FIN3O. The second-order valence-corrected chi connectivity index (χ2v) is 6.00. The number of hydrogen-bond acceptors (Lipinski definition) is 2. The Labute approximate surface area is 148 Å². The first-order valence-corrected chi connectivity index (χ1v) is 7.49. The van der Waals surface area contributed by atoms with E-state index in [1.807, 2.05) is 7.05 Å². The lowest BCUT2D eigenvalue weighted by Gasteiger charge is -2.25. The number of hydrogen-bond donors (Lipinski definition) is 1. The summed E-state index contributed by atoms with van der Waals surface area (Å²) in [5.74, 6) is 0.717. The van der Waals surface area contributed by atoms with Gasteiger partial charge in [0.05, 0.1) is 6.61 Å². The molecule has 1 spiro atoms. The van der Waals surface area contributed by atoms with Gasteiger partial charge >= 0.3 is 0 Å². The van der Waals surface area contributed by atoms with Crippen LogP contribution < -0.4 is 5.32 Å². The van der Waals surface area contributed by atoms with Gasteiger partial charge in [-0.3, -0.25) is 4.99 Å². The second kappa shape index (κ2) is 7.59. The van der Waals surface area contributed by atoms with Crippen LogP contribution in [0.2, 0.25) is 0 Å². The van der Waals surface area contributed by atoms with E-state index in [-0.39, 0.29) is 29.8 Å². The maximum Gasteiger partial charge on any atom is 0.193 e. The fourth-order valence-electron chi connectivity index (χ4n) is 3.20. The van der Waals surface area contributed by atoms with E-state index in [2.05, 4.69) is 15.2 Å². The van der Waals surface area contributed by atoms with Crippen molar-refractivity contribution in [1.29, 1.82) is 0 Å². The number of aliphatic imine (C=N–C) groups is 1. The highest BCUT2D eigenvalue weighted by Crippen LogP contribution is 2.38. The lowest BCUT2D eigenvalue weighted by molar-refractivity contribution is 0.156. The smallest absolute Gasteiger partial charge is 0.193 e. The summed E-state index contributed by atoms with van der Waals surface area (Å²) in [6.45, 7) is 4.45. The summed E-state index contributed by atoms with van der Waals surface area (Å²) < 4.78 is 18.5. The standard InChI is InChI=1S/C16H22FN3O.HI/c1-18-15(19-10-13-2-4-14(17)5-3-13)20-8-6-16(11-20)7-9-21-12-16;/h2-5H,6-12H2,1H3,(H,18,19);1H. The third-order valence-electron chi connectivity index (χ3n) is 4.50. The first-order chi connectivity index (χ1) is 10.2. The van der Waals surface area contributed by atoms with Crippen LogP contribution in [0.4, 0.5) is 4.39 Å². The molecule has 2 aliphatic rings. The van der Waals surface area contributed by atoms with Crippen LogP contribution in [-0.2, 0) is 11.3 Å². The van der Waals surface area contributed by atoms with Crippen molar-refractivity contribution >= 4 is 29.9 Å². The highest BCUT2D eigenvalue weighted by Gasteiger charge is 2.42. The van der Waals surface area contributed by atoms with E-state index >= 15 is 0 Å². The van der Waals surface area contributed by atoms with E-state index in [1.165, 1.54) is 18.6 Å². The monoisotopic (exact) mass is 419 g/mol. The van der Waals surface area contributed by atoms with Crippen LogP contribution in [0.5, 0.6) is 0 Å². The number of guanidine groups is 1. The summed E-state index contributed by atoms with van der Waals surface area (Å²) in [5.41, 5.74) is 1.38. The molecule has 0 bridgehead atoms. The van der Waals surface area contributed by atoms with Crippen molar-refractivity contribution in [3.63, 3.8) is 0 Å². The SMILES string of the molecule is CN=C(NCc1ccc(F)cc1)N1CCC2(CCOC2)C1.I. The third kappa shape index (κ3) is 3.90. The van der Waals surface area contributed by atoms with Crippen LogP contribution in [-0.4, -0.2) is 44.2 Å². The molecule has 1 atom stereocenters. The van der Waals surface area contributed by atoms with Crippen LogP contribution in [0.15, 0.2) is 29.3 Å². The van der Waals surface area contributed by atoms with Gasteiger partial charge in [0.25, 0.3) is 0 Å². The van der Waals surface area contributed by atoms with Gasteiger partial charge in [-0.25, -0.2) is 4.39 Å². The summed E-state index contributed by atoms with van der Waals surface area (Å²) in [4.78, 5) is 6.68. The zero-order valence-electron chi connectivity index (χ0n) is 12.8. The zero-order valence-corrected chi connectivity index (χ0v) is 15.2. The van der Waals surface area contributed by atoms with E-state index in [0.717, 1.165) is 44.2 Å². The van der Waals surface area contributed by atoms with Gasteiger partial charge in [-0.2, -0.15) is 0 Å². The summed E-state index contributed by atoms with van der Waals surface area (Å²) in [6, 6.07) is 6.57. The molecule has 22 heavy (non-hydrogen) atoms. The summed E-state index contributed by atoms with van der Waals surface area (Å²) >= 11 is 0. The summed E-state index contributed by atoms with van der Waals surface area (Å²) in [7, 11) is 1.81. The Balaban J connectivity index is 0.00000176. The first-order valence-electron chi connectivity index (χ1n) is 7.49. The molecule has 6 heteroatoms. The molecule has 1 aromatic carbocycles. The minimum Gasteiger partial charge on any atom is -0.381 e. The molecule has 2 saturated heterocycles. The summed E-state index contributed by atoms with van der Waals surface area (Å²) in [5, 5.41) is 3.37. The van der Waals surface area contributed by atoms with E-state index in [9.17, 15) is 4.39 Å². The van der Waals surface area contributed by atoms with Crippen LogP contribution in [0.25, 0.3) is 0 Å². The molecule has 1 N–H and O–H groups in total. The second-order valence-electron chi connectivity index (χ2n) is 6.00. The molecule has 0 aliphatic carbocycles. The molecule has 0 saturated carbocycles. The molecule has 4 nitrogen and oxygen atoms in total. The zero-order chi connectivity index (χ0) is 14.7. The number of nitrogens with zero attached hydrogens (tertiary/aromatic N) is 2. The van der Waals surface area contributed by atoms with Gasteiger partial charge in [-0.1, -0.05) is 12.1 Å².